The van der Waals surface area contributed by atoms with Gasteiger partial charge in [0.05, 0.1) is 7.11 Å². The van der Waals surface area contributed by atoms with Gasteiger partial charge in [-0.05, 0) is 44.5 Å². The average Bonchev–Trinajstić information content (AvgIpc) is 2.31. The van der Waals surface area contributed by atoms with Crippen molar-refractivity contribution in [1.29, 1.82) is 0 Å². The lowest BCUT2D eigenvalue weighted by atomic mass is 10.0. The lowest BCUT2D eigenvalue weighted by molar-refractivity contribution is 0.242. The second-order valence-corrected chi connectivity index (χ2v) is 4.56. The molecule has 0 aliphatic rings. The molecule has 1 aromatic carbocycles. The fourth-order valence-electron chi connectivity index (χ4n) is 1.87. The Labute approximate surface area is 104 Å². The summed E-state index contributed by atoms with van der Waals surface area (Å²) in [5, 5.41) is 8.81. The van der Waals surface area contributed by atoms with Gasteiger partial charge in [-0.2, -0.15) is 0 Å². The molecule has 0 aromatic heterocycles. The number of nitrogens with zero attached hydrogens (tertiary/aromatic N) is 1. The van der Waals surface area contributed by atoms with E-state index in [1.165, 1.54) is 16.7 Å². The quantitative estimate of drug-likeness (QED) is 0.822. The largest absolute Gasteiger partial charge is 0.496 e. The Kier molecular flexibility index (Phi) is 5.45. The highest BCUT2D eigenvalue weighted by molar-refractivity contribution is 5.41. The van der Waals surface area contributed by atoms with Gasteiger partial charge >= 0.3 is 0 Å². The van der Waals surface area contributed by atoms with Crippen molar-refractivity contribution in [1.82, 2.24) is 4.90 Å². The molecule has 17 heavy (non-hydrogen) atoms. The highest BCUT2D eigenvalue weighted by Gasteiger charge is 2.08. The standard InChI is InChI=1S/C14H23NO2/c1-11-8-13(10-15(3)6-5-7-16)14(17-4)9-12(11)2/h8-9,16H,5-7,10H2,1-4H3. The van der Waals surface area contributed by atoms with E-state index < -0.39 is 0 Å². The fraction of sp³-hybridized carbons (Fsp3) is 0.571. The molecular weight excluding hydrogens is 214 g/mol. The third-order valence-electron chi connectivity index (χ3n) is 3.03. The summed E-state index contributed by atoms with van der Waals surface area (Å²) < 4.78 is 5.41. The van der Waals surface area contributed by atoms with Gasteiger partial charge in [0.1, 0.15) is 5.75 Å². The molecule has 0 spiro atoms. The Morgan fingerprint density at radius 2 is 1.88 bits per heavy atom. The van der Waals surface area contributed by atoms with E-state index in [0.29, 0.717) is 0 Å². The van der Waals surface area contributed by atoms with Gasteiger partial charge in [-0.25, -0.2) is 0 Å². The summed E-state index contributed by atoms with van der Waals surface area (Å²) in [6.45, 7) is 6.20. The molecule has 0 bridgehead atoms. The zero-order valence-corrected chi connectivity index (χ0v) is 11.3. The summed E-state index contributed by atoms with van der Waals surface area (Å²) >= 11 is 0. The van der Waals surface area contributed by atoms with Gasteiger partial charge < -0.3 is 14.7 Å². The van der Waals surface area contributed by atoms with Crippen LogP contribution in [-0.4, -0.2) is 37.3 Å². The summed E-state index contributed by atoms with van der Waals surface area (Å²) in [4.78, 5) is 2.20. The highest BCUT2D eigenvalue weighted by Crippen LogP contribution is 2.24. The molecule has 0 radical (unpaired) electrons. The van der Waals surface area contributed by atoms with Crippen LogP contribution >= 0.6 is 0 Å². The van der Waals surface area contributed by atoms with E-state index in [1.807, 2.05) is 0 Å². The van der Waals surface area contributed by atoms with Crippen LogP contribution in [-0.2, 0) is 6.54 Å². The Morgan fingerprint density at radius 3 is 2.47 bits per heavy atom. The second kappa shape index (κ2) is 6.62. The molecule has 3 nitrogen and oxygen atoms in total. The van der Waals surface area contributed by atoms with Crippen LogP contribution in [0.4, 0.5) is 0 Å². The first-order chi connectivity index (χ1) is 8.08. The van der Waals surface area contributed by atoms with Crippen molar-refractivity contribution >= 4 is 0 Å². The van der Waals surface area contributed by atoms with Crippen LogP contribution in [0, 0.1) is 13.8 Å². The van der Waals surface area contributed by atoms with E-state index in [4.69, 9.17) is 9.84 Å². The Hall–Kier alpha value is -1.06. The van der Waals surface area contributed by atoms with Crippen molar-refractivity contribution in [3.63, 3.8) is 0 Å². The third-order valence-corrected chi connectivity index (χ3v) is 3.03. The molecule has 0 saturated carbocycles. The number of aliphatic hydroxyl groups is 1. The zero-order valence-electron chi connectivity index (χ0n) is 11.3. The van der Waals surface area contributed by atoms with E-state index in [-0.39, 0.29) is 6.61 Å². The zero-order chi connectivity index (χ0) is 12.8. The van der Waals surface area contributed by atoms with Gasteiger partial charge in [-0.15, -0.1) is 0 Å². The Balaban J connectivity index is 2.78. The molecule has 0 amide bonds. The van der Waals surface area contributed by atoms with Gasteiger partial charge in [0.25, 0.3) is 0 Å². The molecule has 1 N–H and O–H groups in total. The van der Waals surface area contributed by atoms with Crippen molar-refractivity contribution < 1.29 is 9.84 Å². The molecule has 0 saturated heterocycles. The highest BCUT2D eigenvalue weighted by atomic mass is 16.5. The topological polar surface area (TPSA) is 32.7 Å². The maximum absolute atomic E-state index is 8.81. The number of hydrogen-bond acceptors (Lipinski definition) is 3. The lowest BCUT2D eigenvalue weighted by Gasteiger charge is -2.19. The summed E-state index contributed by atoms with van der Waals surface area (Å²) in [5.41, 5.74) is 3.75. The first kappa shape index (κ1) is 14.0. The molecule has 1 rings (SSSR count). The van der Waals surface area contributed by atoms with E-state index in [9.17, 15) is 0 Å². The number of benzene rings is 1. The molecule has 1 aromatic rings. The van der Waals surface area contributed by atoms with Crippen molar-refractivity contribution in [3.8, 4) is 5.75 Å². The van der Waals surface area contributed by atoms with Gasteiger partial charge in [0.15, 0.2) is 0 Å². The van der Waals surface area contributed by atoms with Gasteiger partial charge in [-0.1, -0.05) is 6.07 Å². The van der Waals surface area contributed by atoms with Crippen molar-refractivity contribution in [2.75, 3.05) is 27.3 Å². The monoisotopic (exact) mass is 237 g/mol. The molecule has 0 atom stereocenters. The molecule has 0 fully saturated rings. The molecule has 96 valence electrons. The van der Waals surface area contributed by atoms with Crippen molar-refractivity contribution in [2.45, 2.75) is 26.8 Å². The molecule has 3 heteroatoms. The first-order valence-electron chi connectivity index (χ1n) is 6.02. The SMILES string of the molecule is COc1cc(C)c(C)cc1CN(C)CCCO. The van der Waals surface area contributed by atoms with Crippen LogP contribution in [0.15, 0.2) is 12.1 Å². The maximum Gasteiger partial charge on any atom is 0.123 e. The molecule has 0 aliphatic carbocycles. The number of aliphatic hydroxyl groups excluding tert-OH is 1. The minimum absolute atomic E-state index is 0.244. The van der Waals surface area contributed by atoms with E-state index >= 15 is 0 Å². The average molecular weight is 237 g/mol. The number of aryl methyl sites for hydroxylation is 2. The van der Waals surface area contributed by atoms with Gasteiger partial charge in [0, 0.05) is 25.3 Å². The lowest BCUT2D eigenvalue weighted by Crippen LogP contribution is -2.20. The number of hydrogen-bond donors (Lipinski definition) is 1. The molecular formula is C14H23NO2. The van der Waals surface area contributed by atoms with E-state index in [0.717, 1.165) is 25.3 Å². The van der Waals surface area contributed by atoms with Crippen LogP contribution < -0.4 is 4.74 Å². The molecule has 0 unspecified atom stereocenters. The molecule has 0 heterocycles. The number of methoxy groups -OCH3 is 1. The first-order valence-corrected chi connectivity index (χ1v) is 6.02. The maximum atomic E-state index is 8.81. The van der Waals surface area contributed by atoms with E-state index in [1.54, 1.807) is 7.11 Å². The smallest absolute Gasteiger partial charge is 0.123 e. The van der Waals surface area contributed by atoms with Crippen LogP contribution in [0.3, 0.4) is 0 Å². The van der Waals surface area contributed by atoms with Gasteiger partial charge in [-0.3, -0.25) is 0 Å². The predicted molar refractivity (Wildman–Crippen MR) is 70.5 cm³/mol. The predicted octanol–water partition coefficient (Wildman–Crippen LogP) is 2.13. The van der Waals surface area contributed by atoms with Crippen molar-refractivity contribution in [3.05, 3.63) is 28.8 Å². The van der Waals surface area contributed by atoms with Crippen LogP contribution in [0.2, 0.25) is 0 Å². The third kappa shape index (κ3) is 4.02. The number of ether oxygens (including phenoxy) is 1. The summed E-state index contributed by atoms with van der Waals surface area (Å²) in [7, 11) is 3.77. The van der Waals surface area contributed by atoms with Crippen molar-refractivity contribution in [2.24, 2.45) is 0 Å². The van der Waals surface area contributed by atoms with Crippen LogP contribution in [0.1, 0.15) is 23.1 Å². The Morgan fingerprint density at radius 1 is 1.24 bits per heavy atom. The van der Waals surface area contributed by atoms with Crippen LogP contribution in [0.25, 0.3) is 0 Å². The number of rotatable bonds is 6. The Bertz CT molecular complexity index is 363. The minimum Gasteiger partial charge on any atom is -0.496 e. The molecule has 0 aliphatic heterocycles. The summed E-state index contributed by atoms with van der Waals surface area (Å²) in [5.74, 6) is 0.948. The minimum atomic E-state index is 0.244. The second-order valence-electron chi connectivity index (χ2n) is 4.56. The van der Waals surface area contributed by atoms with Gasteiger partial charge in [0.2, 0.25) is 0 Å². The van der Waals surface area contributed by atoms with E-state index in [2.05, 4.69) is 37.9 Å². The fourth-order valence-corrected chi connectivity index (χ4v) is 1.87. The van der Waals surface area contributed by atoms with Crippen LogP contribution in [0.5, 0.6) is 5.75 Å². The summed E-state index contributed by atoms with van der Waals surface area (Å²) in [6.07, 6.45) is 0.809. The summed E-state index contributed by atoms with van der Waals surface area (Å²) in [6, 6.07) is 4.27. The normalized spacial score (nSPS) is 10.9.